The first-order valence-electron chi connectivity index (χ1n) is 5.10. The van der Waals surface area contributed by atoms with Gasteiger partial charge in [-0.3, -0.25) is 0 Å². The summed E-state index contributed by atoms with van der Waals surface area (Å²) in [6, 6.07) is 4.18. The van der Waals surface area contributed by atoms with Crippen LogP contribution in [0.4, 0.5) is 0 Å². The van der Waals surface area contributed by atoms with Crippen LogP contribution in [0.15, 0.2) is 12.1 Å². The van der Waals surface area contributed by atoms with Crippen molar-refractivity contribution in [3.63, 3.8) is 0 Å². The number of hydrogen-bond acceptors (Lipinski definition) is 3. The molecular formula is C12H16O2S. The number of hydrogen-bond donors (Lipinski definition) is 0. The molecule has 1 fully saturated rings. The van der Waals surface area contributed by atoms with Crippen LogP contribution in [0.5, 0.6) is 11.5 Å². The maximum absolute atomic E-state index is 5.41. The van der Waals surface area contributed by atoms with E-state index in [0.29, 0.717) is 5.25 Å². The van der Waals surface area contributed by atoms with E-state index in [1.807, 2.05) is 18.7 Å². The van der Waals surface area contributed by atoms with Crippen molar-refractivity contribution in [2.75, 3.05) is 20.0 Å². The molecule has 2 rings (SSSR count). The molecule has 0 bridgehead atoms. The number of thioether (sulfide) groups is 1. The Hall–Kier alpha value is -0.830. The lowest BCUT2D eigenvalue weighted by molar-refractivity contribution is 0.395. The van der Waals surface area contributed by atoms with E-state index >= 15 is 0 Å². The van der Waals surface area contributed by atoms with Crippen molar-refractivity contribution < 1.29 is 9.47 Å². The summed E-state index contributed by atoms with van der Waals surface area (Å²) in [7, 11) is 3.45. The van der Waals surface area contributed by atoms with E-state index in [9.17, 15) is 0 Å². The first-order chi connectivity index (χ1) is 7.26. The third-order valence-electron chi connectivity index (χ3n) is 2.79. The summed E-state index contributed by atoms with van der Waals surface area (Å²) >= 11 is 1.98. The third kappa shape index (κ3) is 1.93. The predicted molar refractivity (Wildman–Crippen MR) is 64.1 cm³/mol. The highest BCUT2D eigenvalue weighted by Gasteiger charge is 2.24. The summed E-state index contributed by atoms with van der Waals surface area (Å²) in [4.78, 5) is 0. The maximum Gasteiger partial charge on any atom is 0.123 e. The summed E-state index contributed by atoms with van der Waals surface area (Å²) < 4.78 is 10.8. The first kappa shape index (κ1) is 10.7. The zero-order valence-corrected chi connectivity index (χ0v) is 10.2. The molecule has 0 radical (unpaired) electrons. The van der Waals surface area contributed by atoms with E-state index in [0.717, 1.165) is 17.1 Å². The van der Waals surface area contributed by atoms with Gasteiger partial charge < -0.3 is 9.47 Å². The van der Waals surface area contributed by atoms with Gasteiger partial charge in [-0.1, -0.05) is 0 Å². The number of aryl methyl sites for hydroxylation is 1. The molecule has 1 aliphatic rings. The van der Waals surface area contributed by atoms with Gasteiger partial charge >= 0.3 is 0 Å². The number of rotatable bonds is 3. The molecule has 1 aromatic carbocycles. The molecule has 0 amide bonds. The van der Waals surface area contributed by atoms with Gasteiger partial charge in [0.15, 0.2) is 0 Å². The summed E-state index contributed by atoms with van der Waals surface area (Å²) in [5.41, 5.74) is 2.40. The topological polar surface area (TPSA) is 18.5 Å². The second-order valence-electron chi connectivity index (χ2n) is 3.71. The fraction of sp³-hybridized carbons (Fsp3) is 0.500. The van der Waals surface area contributed by atoms with E-state index in [1.54, 1.807) is 14.2 Å². The standard InChI is InChI=1S/C12H16O2S/c1-8-6-11(14-3)9(7-10(8)13-2)12-4-5-15-12/h6-7,12H,4-5H2,1-3H3. The molecule has 0 saturated carbocycles. The van der Waals surface area contributed by atoms with Crippen LogP contribution in [0.3, 0.4) is 0 Å². The van der Waals surface area contributed by atoms with Gasteiger partial charge in [-0.05, 0) is 36.8 Å². The quantitative estimate of drug-likeness (QED) is 0.785. The molecule has 0 aliphatic carbocycles. The molecule has 3 heteroatoms. The lowest BCUT2D eigenvalue weighted by Gasteiger charge is -2.27. The number of benzene rings is 1. The van der Waals surface area contributed by atoms with Crippen LogP contribution < -0.4 is 9.47 Å². The Morgan fingerprint density at radius 1 is 1.20 bits per heavy atom. The SMILES string of the molecule is COc1cc(C2CCS2)c(OC)cc1C. The Morgan fingerprint density at radius 2 is 1.87 bits per heavy atom. The molecule has 2 nitrogen and oxygen atoms in total. The van der Waals surface area contributed by atoms with Crippen molar-refractivity contribution >= 4 is 11.8 Å². The van der Waals surface area contributed by atoms with Crippen molar-refractivity contribution in [1.82, 2.24) is 0 Å². The molecule has 15 heavy (non-hydrogen) atoms. The van der Waals surface area contributed by atoms with Crippen molar-refractivity contribution in [2.45, 2.75) is 18.6 Å². The van der Waals surface area contributed by atoms with Gasteiger partial charge in [0.1, 0.15) is 11.5 Å². The van der Waals surface area contributed by atoms with Crippen LogP contribution in [-0.2, 0) is 0 Å². The molecule has 1 aliphatic heterocycles. The zero-order chi connectivity index (χ0) is 10.8. The van der Waals surface area contributed by atoms with Gasteiger partial charge in [-0.2, -0.15) is 11.8 Å². The number of ether oxygens (including phenoxy) is 2. The number of methoxy groups -OCH3 is 2. The van der Waals surface area contributed by atoms with E-state index in [-0.39, 0.29) is 0 Å². The normalized spacial score (nSPS) is 19.5. The van der Waals surface area contributed by atoms with Crippen molar-refractivity contribution in [3.05, 3.63) is 23.3 Å². The smallest absolute Gasteiger partial charge is 0.123 e. The van der Waals surface area contributed by atoms with E-state index < -0.39 is 0 Å². The highest BCUT2D eigenvalue weighted by atomic mass is 32.2. The molecule has 0 spiro atoms. The van der Waals surface area contributed by atoms with Gasteiger partial charge in [0.05, 0.1) is 14.2 Å². The molecule has 0 N–H and O–H groups in total. The van der Waals surface area contributed by atoms with Crippen molar-refractivity contribution in [2.24, 2.45) is 0 Å². The molecule has 1 aromatic rings. The molecule has 82 valence electrons. The Bertz CT molecular complexity index is 359. The second-order valence-corrected chi connectivity index (χ2v) is 5.02. The largest absolute Gasteiger partial charge is 0.496 e. The minimum absolute atomic E-state index is 0.592. The molecule has 0 aromatic heterocycles. The Labute approximate surface area is 95.0 Å². The van der Waals surface area contributed by atoms with E-state index in [2.05, 4.69) is 12.1 Å². The van der Waals surface area contributed by atoms with Gasteiger partial charge in [0.25, 0.3) is 0 Å². The summed E-state index contributed by atoms with van der Waals surface area (Å²) in [5.74, 6) is 3.20. The Kier molecular flexibility index (Phi) is 3.10. The van der Waals surface area contributed by atoms with Crippen molar-refractivity contribution in [3.8, 4) is 11.5 Å². The average molecular weight is 224 g/mol. The van der Waals surface area contributed by atoms with Crippen LogP contribution >= 0.6 is 11.8 Å². The zero-order valence-electron chi connectivity index (χ0n) is 9.37. The van der Waals surface area contributed by atoms with E-state index in [4.69, 9.17) is 9.47 Å². The molecule has 1 unspecified atom stereocenters. The Morgan fingerprint density at radius 3 is 2.33 bits per heavy atom. The van der Waals surface area contributed by atoms with Crippen LogP contribution in [0.25, 0.3) is 0 Å². The van der Waals surface area contributed by atoms with Crippen LogP contribution in [-0.4, -0.2) is 20.0 Å². The lowest BCUT2D eigenvalue weighted by Crippen LogP contribution is -2.09. The summed E-state index contributed by atoms with van der Waals surface area (Å²) in [5, 5.41) is 0.592. The molecule has 1 heterocycles. The van der Waals surface area contributed by atoms with Gasteiger partial charge in [0, 0.05) is 10.8 Å². The molecular weight excluding hydrogens is 208 g/mol. The minimum atomic E-state index is 0.592. The minimum Gasteiger partial charge on any atom is -0.496 e. The van der Waals surface area contributed by atoms with Gasteiger partial charge in [-0.25, -0.2) is 0 Å². The monoisotopic (exact) mass is 224 g/mol. The lowest BCUT2D eigenvalue weighted by atomic mass is 10.0. The maximum atomic E-state index is 5.41. The fourth-order valence-electron chi connectivity index (χ4n) is 1.81. The van der Waals surface area contributed by atoms with Gasteiger partial charge in [0.2, 0.25) is 0 Å². The van der Waals surface area contributed by atoms with Crippen LogP contribution in [0.1, 0.15) is 22.8 Å². The fourth-order valence-corrected chi connectivity index (χ4v) is 2.64. The molecule has 1 saturated heterocycles. The van der Waals surface area contributed by atoms with Crippen molar-refractivity contribution in [1.29, 1.82) is 0 Å². The summed E-state index contributed by atoms with van der Waals surface area (Å²) in [6.45, 7) is 2.04. The second kappa shape index (κ2) is 4.35. The summed E-state index contributed by atoms with van der Waals surface area (Å²) in [6.07, 6.45) is 1.24. The highest BCUT2D eigenvalue weighted by molar-refractivity contribution is 8.00. The first-order valence-corrected chi connectivity index (χ1v) is 6.15. The average Bonchev–Trinajstić information content (AvgIpc) is 2.17. The third-order valence-corrected chi connectivity index (χ3v) is 4.16. The van der Waals surface area contributed by atoms with Crippen LogP contribution in [0.2, 0.25) is 0 Å². The molecule has 1 atom stereocenters. The highest BCUT2D eigenvalue weighted by Crippen LogP contribution is 2.47. The Balaban J connectivity index is 2.40. The predicted octanol–water partition coefficient (Wildman–Crippen LogP) is 3.19. The van der Waals surface area contributed by atoms with E-state index in [1.165, 1.54) is 17.7 Å². The van der Waals surface area contributed by atoms with Gasteiger partial charge in [-0.15, -0.1) is 0 Å². The van der Waals surface area contributed by atoms with Crippen LogP contribution in [0, 0.1) is 6.92 Å².